The minimum absolute atomic E-state index is 0.507. The molecule has 1 aromatic rings. The molecule has 106 valence electrons. The predicted octanol–water partition coefficient (Wildman–Crippen LogP) is 2.40. The van der Waals surface area contributed by atoms with Crippen LogP contribution in [0, 0.1) is 13.8 Å². The lowest BCUT2D eigenvalue weighted by molar-refractivity contribution is 0.199. The first-order valence-electron chi connectivity index (χ1n) is 6.87. The highest BCUT2D eigenvalue weighted by atomic mass is 32.2. The maximum atomic E-state index is 5.03. The van der Waals surface area contributed by atoms with Crippen molar-refractivity contribution in [3.05, 3.63) is 22.8 Å². The predicted molar refractivity (Wildman–Crippen MR) is 79.5 cm³/mol. The molecule has 1 aliphatic rings. The quantitative estimate of drug-likeness (QED) is 0.811. The molecule has 1 saturated heterocycles. The van der Waals surface area contributed by atoms with Gasteiger partial charge in [-0.05, 0) is 32.4 Å². The van der Waals surface area contributed by atoms with Crippen LogP contribution in [0.4, 0.5) is 0 Å². The summed E-state index contributed by atoms with van der Waals surface area (Å²) in [5.74, 6) is 2.27. The standard InChI is InChI=1S/C14H23N3OS/c1-10-12(9-15-6-7-18-3)11(2)17-14(16-10)13-5-4-8-19-13/h13,15H,4-9H2,1-3H3. The summed E-state index contributed by atoms with van der Waals surface area (Å²) < 4.78 is 5.03. The van der Waals surface area contributed by atoms with E-state index in [1.165, 1.54) is 24.2 Å². The third kappa shape index (κ3) is 3.91. The molecule has 0 amide bonds. The molecule has 2 heterocycles. The average Bonchev–Trinajstić information content (AvgIpc) is 2.90. The Morgan fingerprint density at radius 3 is 2.63 bits per heavy atom. The Hall–Kier alpha value is -0.650. The maximum absolute atomic E-state index is 5.03. The van der Waals surface area contributed by atoms with E-state index >= 15 is 0 Å². The molecule has 5 heteroatoms. The van der Waals surface area contributed by atoms with Gasteiger partial charge in [0.25, 0.3) is 0 Å². The van der Waals surface area contributed by atoms with Crippen molar-refractivity contribution in [1.82, 2.24) is 15.3 Å². The second-order valence-corrected chi connectivity index (χ2v) is 6.21. The van der Waals surface area contributed by atoms with Crippen LogP contribution in [0.1, 0.15) is 40.9 Å². The summed E-state index contributed by atoms with van der Waals surface area (Å²) in [5.41, 5.74) is 3.45. The zero-order valence-corrected chi connectivity index (χ0v) is 12.8. The molecule has 4 nitrogen and oxygen atoms in total. The SMILES string of the molecule is COCCNCc1c(C)nc(C2CCCS2)nc1C. The minimum atomic E-state index is 0.507. The number of ether oxygens (including phenoxy) is 1. The zero-order chi connectivity index (χ0) is 13.7. The van der Waals surface area contributed by atoms with Crippen LogP contribution in [0.5, 0.6) is 0 Å². The van der Waals surface area contributed by atoms with E-state index in [1.807, 2.05) is 11.8 Å². The number of aryl methyl sites for hydroxylation is 2. The number of rotatable bonds is 6. The second-order valence-electron chi connectivity index (χ2n) is 4.90. The molecule has 19 heavy (non-hydrogen) atoms. The number of hydrogen-bond donors (Lipinski definition) is 1. The van der Waals surface area contributed by atoms with Gasteiger partial charge >= 0.3 is 0 Å². The fourth-order valence-electron chi connectivity index (χ4n) is 2.33. The molecule has 0 saturated carbocycles. The van der Waals surface area contributed by atoms with E-state index in [0.29, 0.717) is 5.25 Å². The summed E-state index contributed by atoms with van der Waals surface area (Å²) in [6, 6.07) is 0. The summed E-state index contributed by atoms with van der Waals surface area (Å²) in [6.45, 7) is 6.58. The number of nitrogens with one attached hydrogen (secondary N) is 1. The lowest BCUT2D eigenvalue weighted by Gasteiger charge is -2.14. The van der Waals surface area contributed by atoms with Gasteiger partial charge in [0.2, 0.25) is 0 Å². The van der Waals surface area contributed by atoms with Crippen LogP contribution in [0.15, 0.2) is 0 Å². The van der Waals surface area contributed by atoms with Crippen molar-refractivity contribution in [3.63, 3.8) is 0 Å². The van der Waals surface area contributed by atoms with Gasteiger partial charge in [-0.15, -0.1) is 0 Å². The molecule has 0 bridgehead atoms. The summed E-state index contributed by atoms with van der Waals surface area (Å²) in [4.78, 5) is 9.42. The largest absolute Gasteiger partial charge is 0.383 e. The van der Waals surface area contributed by atoms with Gasteiger partial charge in [-0.25, -0.2) is 9.97 Å². The number of hydrogen-bond acceptors (Lipinski definition) is 5. The van der Waals surface area contributed by atoms with Crippen LogP contribution in [-0.4, -0.2) is 36.0 Å². The van der Waals surface area contributed by atoms with Crippen molar-refractivity contribution in [1.29, 1.82) is 0 Å². The summed E-state index contributed by atoms with van der Waals surface area (Å²) in [6.07, 6.45) is 2.51. The monoisotopic (exact) mass is 281 g/mol. The van der Waals surface area contributed by atoms with Crippen LogP contribution < -0.4 is 5.32 Å². The third-order valence-corrected chi connectivity index (χ3v) is 4.81. The van der Waals surface area contributed by atoms with Crippen molar-refractivity contribution in [2.75, 3.05) is 26.0 Å². The lowest BCUT2D eigenvalue weighted by atomic mass is 10.1. The molecule has 1 aromatic heterocycles. The van der Waals surface area contributed by atoms with Gasteiger partial charge in [0.15, 0.2) is 0 Å². The molecule has 1 atom stereocenters. The van der Waals surface area contributed by atoms with Crippen molar-refractivity contribution < 1.29 is 4.74 Å². The first-order chi connectivity index (χ1) is 9.22. The number of methoxy groups -OCH3 is 1. The van der Waals surface area contributed by atoms with E-state index in [9.17, 15) is 0 Å². The Bertz CT molecular complexity index is 396. The number of nitrogens with zero attached hydrogens (tertiary/aromatic N) is 2. The van der Waals surface area contributed by atoms with Gasteiger partial charge in [0.1, 0.15) is 5.82 Å². The molecule has 1 aliphatic heterocycles. The smallest absolute Gasteiger partial charge is 0.141 e. The molecule has 1 unspecified atom stereocenters. The van der Waals surface area contributed by atoms with E-state index in [-0.39, 0.29) is 0 Å². The van der Waals surface area contributed by atoms with Gasteiger partial charge in [0, 0.05) is 37.2 Å². The molecule has 1 N–H and O–H groups in total. The molecule has 0 aromatic carbocycles. The van der Waals surface area contributed by atoms with E-state index in [1.54, 1.807) is 7.11 Å². The van der Waals surface area contributed by atoms with E-state index in [4.69, 9.17) is 14.7 Å². The molecular formula is C14H23N3OS. The van der Waals surface area contributed by atoms with Crippen LogP contribution in [0.25, 0.3) is 0 Å². The molecule has 0 aliphatic carbocycles. The molecule has 2 rings (SSSR count). The van der Waals surface area contributed by atoms with Gasteiger partial charge in [-0.2, -0.15) is 11.8 Å². The van der Waals surface area contributed by atoms with E-state index in [2.05, 4.69) is 19.2 Å². The first-order valence-corrected chi connectivity index (χ1v) is 7.92. The van der Waals surface area contributed by atoms with Crippen LogP contribution in [0.3, 0.4) is 0 Å². The van der Waals surface area contributed by atoms with Crippen LogP contribution >= 0.6 is 11.8 Å². The lowest BCUT2D eigenvalue weighted by Crippen LogP contribution is -2.21. The first kappa shape index (κ1) is 14.8. The third-order valence-electron chi connectivity index (χ3n) is 3.44. The van der Waals surface area contributed by atoms with Crippen LogP contribution in [-0.2, 0) is 11.3 Å². The maximum Gasteiger partial charge on any atom is 0.141 e. The van der Waals surface area contributed by atoms with Crippen molar-refractivity contribution in [2.24, 2.45) is 0 Å². The fraction of sp³-hybridized carbons (Fsp3) is 0.714. The summed E-state index contributed by atoms with van der Waals surface area (Å²) in [7, 11) is 1.72. The molecule has 1 fully saturated rings. The molecular weight excluding hydrogens is 258 g/mol. The highest BCUT2D eigenvalue weighted by Crippen LogP contribution is 2.38. The Morgan fingerprint density at radius 2 is 2.05 bits per heavy atom. The van der Waals surface area contributed by atoms with E-state index < -0.39 is 0 Å². The topological polar surface area (TPSA) is 47.0 Å². The fourth-order valence-corrected chi connectivity index (χ4v) is 3.54. The Labute approximate surface area is 119 Å². The molecule has 0 spiro atoms. The zero-order valence-electron chi connectivity index (χ0n) is 12.0. The molecule has 0 radical (unpaired) electrons. The highest BCUT2D eigenvalue weighted by molar-refractivity contribution is 7.99. The van der Waals surface area contributed by atoms with Crippen molar-refractivity contribution >= 4 is 11.8 Å². The van der Waals surface area contributed by atoms with Gasteiger partial charge in [0.05, 0.1) is 11.9 Å². The normalized spacial score (nSPS) is 19.0. The highest BCUT2D eigenvalue weighted by Gasteiger charge is 2.21. The summed E-state index contributed by atoms with van der Waals surface area (Å²) in [5, 5.41) is 3.87. The van der Waals surface area contributed by atoms with Crippen LogP contribution in [0.2, 0.25) is 0 Å². The number of aromatic nitrogens is 2. The Morgan fingerprint density at radius 1 is 1.32 bits per heavy atom. The van der Waals surface area contributed by atoms with Gasteiger partial charge in [-0.1, -0.05) is 0 Å². The Balaban J connectivity index is 2.04. The van der Waals surface area contributed by atoms with Gasteiger partial charge in [-0.3, -0.25) is 0 Å². The second kappa shape index (κ2) is 7.22. The van der Waals surface area contributed by atoms with E-state index in [0.717, 1.165) is 36.9 Å². The van der Waals surface area contributed by atoms with Crippen molar-refractivity contribution in [2.45, 2.75) is 38.5 Å². The van der Waals surface area contributed by atoms with Gasteiger partial charge < -0.3 is 10.1 Å². The number of thioether (sulfide) groups is 1. The average molecular weight is 281 g/mol. The minimum Gasteiger partial charge on any atom is -0.383 e. The Kier molecular flexibility index (Phi) is 5.60. The van der Waals surface area contributed by atoms with Crippen molar-refractivity contribution in [3.8, 4) is 0 Å². The summed E-state index contributed by atoms with van der Waals surface area (Å²) >= 11 is 1.99.